The standard InChI is InChI=1S/C18H24ClN3O4S/c1-4-22(5-2)27(24,25)17-11-14(8-9-15(17)19)21-18(23)12-20-13(3)16-7-6-10-26-16/h6-11,13,20H,4-5,12H2,1-3H3,(H,21,23)/p+1/t13-/m1/s1. The van der Waals surface area contributed by atoms with E-state index in [-0.39, 0.29) is 28.4 Å². The molecule has 0 aliphatic heterocycles. The Morgan fingerprint density at radius 3 is 2.59 bits per heavy atom. The summed E-state index contributed by atoms with van der Waals surface area (Å²) in [6.45, 7) is 6.30. The van der Waals surface area contributed by atoms with Crippen LogP contribution in [-0.2, 0) is 14.8 Å². The van der Waals surface area contributed by atoms with Crippen LogP contribution < -0.4 is 10.6 Å². The third-order valence-electron chi connectivity index (χ3n) is 4.19. The number of carbonyl (C=O) groups is 1. The quantitative estimate of drug-likeness (QED) is 0.657. The number of quaternary nitrogens is 1. The number of anilines is 1. The SMILES string of the molecule is CCN(CC)S(=O)(=O)c1cc(NC(=O)C[NH2+][C@H](C)c2ccco2)ccc1Cl. The summed E-state index contributed by atoms with van der Waals surface area (Å²) in [6, 6.07) is 8.09. The van der Waals surface area contributed by atoms with E-state index in [4.69, 9.17) is 16.0 Å². The highest BCUT2D eigenvalue weighted by molar-refractivity contribution is 7.89. The predicted octanol–water partition coefficient (Wildman–Crippen LogP) is 2.23. The molecule has 2 rings (SSSR count). The number of sulfonamides is 1. The Morgan fingerprint density at radius 1 is 1.30 bits per heavy atom. The molecule has 0 radical (unpaired) electrons. The summed E-state index contributed by atoms with van der Waals surface area (Å²) in [5.41, 5.74) is 0.384. The summed E-state index contributed by atoms with van der Waals surface area (Å²) in [5, 5.41) is 4.67. The fourth-order valence-electron chi connectivity index (χ4n) is 2.64. The van der Waals surface area contributed by atoms with Crippen LogP contribution in [0.25, 0.3) is 0 Å². The Morgan fingerprint density at radius 2 is 2.00 bits per heavy atom. The Balaban J connectivity index is 2.08. The van der Waals surface area contributed by atoms with Gasteiger partial charge in [0.05, 0.1) is 11.3 Å². The second-order valence-electron chi connectivity index (χ2n) is 6.03. The normalized spacial score (nSPS) is 12.9. The van der Waals surface area contributed by atoms with Crippen LogP contribution in [0, 0.1) is 0 Å². The zero-order valence-electron chi connectivity index (χ0n) is 15.6. The molecule has 0 fully saturated rings. The molecule has 9 heteroatoms. The summed E-state index contributed by atoms with van der Waals surface area (Å²) in [7, 11) is -3.72. The maximum Gasteiger partial charge on any atom is 0.279 e. The summed E-state index contributed by atoms with van der Waals surface area (Å²) in [5.74, 6) is 0.531. The molecule has 1 aromatic carbocycles. The smallest absolute Gasteiger partial charge is 0.279 e. The van der Waals surface area contributed by atoms with Gasteiger partial charge in [0.15, 0.2) is 12.3 Å². The number of rotatable bonds is 9. The van der Waals surface area contributed by atoms with Gasteiger partial charge < -0.3 is 15.1 Å². The van der Waals surface area contributed by atoms with Gasteiger partial charge in [0, 0.05) is 18.8 Å². The van der Waals surface area contributed by atoms with Gasteiger partial charge in [-0.15, -0.1) is 0 Å². The molecule has 3 N–H and O–H groups in total. The summed E-state index contributed by atoms with van der Waals surface area (Å²) in [6.07, 6.45) is 1.59. The van der Waals surface area contributed by atoms with Gasteiger partial charge in [0.1, 0.15) is 10.9 Å². The van der Waals surface area contributed by atoms with Gasteiger partial charge in [-0.3, -0.25) is 4.79 Å². The molecule has 1 heterocycles. The Hall–Kier alpha value is -1.87. The van der Waals surface area contributed by atoms with Crippen molar-refractivity contribution in [3.63, 3.8) is 0 Å². The van der Waals surface area contributed by atoms with Crippen LogP contribution in [0.2, 0.25) is 5.02 Å². The summed E-state index contributed by atoms with van der Waals surface area (Å²) in [4.78, 5) is 12.2. The molecular weight excluding hydrogens is 390 g/mol. The van der Waals surface area contributed by atoms with Crippen LogP contribution in [0.5, 0.6) is 0 Å². The fraction of sp³-hybridized carbons (Fsp3) is 0.389. The number of furan rings is 1. The minimum Gasteiger partial charge on any atom is -0.463 e. The fourth-order valence-corrected chi connectivity index (χ4v) is 4.60. The van der Waals surface area contributed by atoms with Gasteiger partial charge in [-0.25, -0.2) is 8.42 Å². The first kappa shape index (κ1) is 21.4. The molecule has 0 spiro atoms. The Bertz CT molecular complexity index is 865. The maximum absolute atomic E-state index is 12.7. The van der Waals surface area contributed by atoms with Crippen LogP contribution >= 0.6 is 11.6 Å². The molecule has 0 unspecified atom stereocenters. The lowest BCUT2D eigenvalue weighted by Crippen LogP contribution is -2.86. The molecule has 27 heavy (non-hydrogen) atoms. The van der Waals surface area contributed by atoms with Gasteiger partial charge in [0.2, 0.25) is 10.0 Å². The first-order valence-electron chi connectivity index (χ1n) is 8.75. The maximum atomic E-state index is 12.7. The Labute approximate surface area is 164 Å². The first-order chi connectivity index (χ1) is 12.8. The second kappa shape index (κ2) is 9.36. The second-order valence-corrected chi connectivity index (χ2v) is 8.34. The lowest BCUT2D eigenvalue weighted by Gasteiger charge is -2.19. The highest BCUT2D eigenvalue weighted by atomic mass is 35.5. The number of carbonyl (C=O) groups excluding carboxylic acids is 1. The molecule has 0 aliphatic rings. The van der Waals surface area contributed by atoms with Gasteiger partial charge >= 0.3 is 0 Å². The summed E-state index contributed by atoms with van der Waals surface area (Å²) < 4.78 is 32.0. The van der Waals surface area contributed by atoms with Crippen LogP contribution in [0.4, 0.5) is 5.69 Å². The number of nitrogens with two attached hydrogens (primary N) is 1. The number of hydrogen-bond acceptors (Lipinski definition) is 4. The molecule has 0 bridgehead atoms. The van der Waals surface area contributed by atoms with Gasteiger partial charge in [-0.2, -0.15) is 4.31 Å². The van der Waals surface area contributed by atoms with Crippen molar-refractivity contribution in [1.29, 1.82) is 0 Å². The molecule has 7 nitrogen and oxygen atoms in total. The lowest BCUT2D eigenvalue weighted by atomic mass is 10.2. The average Bonchev–Trinajstić information content (AvgIpc) is 3.16. The van der Waals surface area contributed by atoms with Crippen LogP contribution in [0.15, 0.2) is 45.9 Å². The van der Waals surface area contributed by atoms with E-state index in [0.29, 0.717) is 18.8 Å². The summed E-state index contributed by atoms with van der Waals surface area (Å²) >= 11 is 6.10. The van der Waals surface area contributed by atoms with Gasteiger partial charge in [-0.05, 0) is 37.3 Å². The van der Waals surface area contributed by atoms with E-state index in [2.05, 4.69) is 5.32 Å². The molecule has 2 aromatic rings. The van der Waals surface area contributed by atoms with Crippen molar-refractivity contribution in [2.45, 2.75) is 31.7 Å². The van der Waals surface area contributed by atoms with Gasteiger partial charge in [-0.1, -0.05) is 25.4 Å². The zero-order chi connectivity index (χ0) is 20.0. The number of halogens is 1. The number of hydrogen-bond donors (Lipinski definition) is 2. The highest BCUT2D eigenvalue weighted by Gasteiger charge is 2.25. The van der Waals surface area contributed by atoms with E-state index in [1.54, 1.807) is 32.2 Å². The van der Waals surface area contributed by atoms with Gasteiger partial charge in [0.25, 0.3) is 5.91 Å². The largest absolute Gasteiger partial charge is 0.463 e. The lowest BCUT2D eigenvalue weighted by molar-refractivity contribution is -0.684. The van der Waals surface area contributed by atoms with Crippen molar-refractivity contribution in [2.75, 3.05) is 25.0 Å². The van der Waals surface area contributed by atoms with Crippen LogP contribution in [0.1, 0.15) is 32.6 Å². The monoisotopic (exact) mass is 414 g/mol. The zero-order valence-corrected chi connectivity index (χ0v) is 17.2. The van der Waals surface area contributed by atoms with Crippen molar-refractivity contribution in [3.05, 3.63) is 47.4 Å². The molecule has 0 aliphatic carbocycles. The molecule has 148 valence electrons. The minimum absolute atomic E-state index is 0.00502. The third-order valence-corrected chi connectivity index (χ3v) is 6.72. The van der Waals surface area contributed by atoms with Crippen LogP contribution in [-0.4, -0.2) is 38.3 Å². The third kappa shape index (κ3) is 5.32. The van der Waals surface area contributed by atoms with Crippen molar-refractivity contribution < 1.29 is 22.9 Å². The van der Waals surface area contributed by atoms with Crippen LogP contribution in [0.3, 0.4) is 0 Å². The Kier molecular flexibility index (Phi) is 7.43. The van der Waals surface area contributed by atoms with Crippen molar-refractivity contribution in [2.24, 2.45) is 0 Å². The molecule has 0 saturated heterocycles. The van der Waals surface area contributed by atoms with E-state index in [0.717, 1.165) is 5.76 Å². The molecular formula is C18H25ClN3O4S+. The van der Waals surface area contributed by atoms with Crippen molar-refractivity contribution in [3.8, 4) is 0 Å². The number of nitrogens with zero attached hydrogens (tertiary/aromatic N) is 1. The number of amides is 1. The van der Waals surface area contributed by atoms with E-state index in [9.17, 15) is 13.2 Å². The molecule has 1 amide bonds. The average molecular weight is 415 g/mol. The van der Waals surface area contributed by atoms with E-state index >= 15 is 0 Å². The highest BCUT2D eigenvalue weighted by Crippen LogP contribution is 2.27. The van der Waals surface area contributed by atoms with Crippen molar-refractivity contribution >= 4 is 33.2 Å². The first-order valence-corrected chi connectivity index (χ1v) is 10.6. The topological polar surface area (TPSA) is 96.2 Å². The number of nitrogens with one attached hydrogen (secondary N) is 1. The van der Waals surface area contributed by atoms with E-state index in [1.807, 2.05) is 18.3 Å². The predicted molar refractivity (Wildman–Crippen MR) is 104 cm³/mol. The van der Waals surface area contributed by atoms with Crippen molar-refractivity contribution in [1.82, 2.24) is 4.31 Å². The van der Waals surface area contributed by atoms with E-state index in [1.165, 1.54) is 16.4 Å². The molecule has 0 saturated carbocycles. The molecule has 1 aromatic heterocycles. The minimum atomic E-state index is -3.72. The molecule has 1 atom stereocenters. The van der Waals surface area contributed by atoms with E-state index < -0.39 is 10.0 Å². The number of benzene rings is 1.